The van der Waals surface area contributed by atoms with E-state index in [0.717, 1.165) is 19.3 Å². The summed E-state index contributed by atoms with van der Waals surface area (Å²) in [6.07, 6.45) is -7.41. The Hall–Kier alpha value is -2.06. The molecule has 0 amide bonds. The number of halogens is 6. The van der Waals surface area contributed by atoms with Crippen molar-refractivity contribution in [3.05, 3.63) is 35.9 Å². The van der Waals surface area contributed by atoms with Gasteiger partial charge in [0.2, 0.25) is 0 Å². The van der Waals surface area contributed by atoms with Gasteiger partial charge in [-0.15, -0.1) is 0 Å². The molecule has 9 heteroatoms. The van der Waals surface area contributed by atoms with Crippen molar-refractivity contribution in [2.45, 2.75) is 63.5 Å². The smallest absolute Gasteiger partial charge is 0.314 e. The Balaban J connectivity index is 2.26. The molecule has 1 heterocycles. The van der Waals surface area contributed by atoms with E-state index in [1.165, 1.54) is 17.0 Å². The van der Waals surface area contributed by atoms with Crippen LogP contribution >= 0.6 is 0 Å². The van der Waals surface area contributed by atoms with Gasteiger partial charge in [-0.2, -0.15) is 26.3 Å². The number of benzene rings is 1. The molecule has 0 atom stereocenters. The van der Waals surface area contributed by atoms with Crippen LogP contribution in [0.5, 0.6) is 0 Å². The van der Waals surface area contributed by atoms with Crippen molar-refractivity contribution >= 4 is 11.7 Å². The van der Waals surface area contributed by atoms with Crippen LogP contribution in [0.3, 0.4) is 0 Å². The second-order valence-corrected chi connectivity index (χ2v) is 7.43. The fraction of sp³-hybridized carbons (Fsp3) is 0.600. The Labute approximate surface area is 165 Å². The van der Waals surface area contributed by atoms with Crippen molar-refractivity contribution in [2.75, 3.05) is 6.54 Å². The monoisotopic (exact) mass is 419 g/mol. The van der Waals surface area contributed by atoms with E-state index < -0.39 is 23.9 Å². The molecule has 29 heavy (non-hydrogen) atoms. The summed E-state index contributed by atoms with van der Waals surface area (Å²) in [5, 5.41) is 0. The van der Waals surface area contributed by atoms with E-state index in [4.69, 9.17) is 0 Å². The molecule has 1 saturated carbocycles. The molecule has 1 aliphatic heterocycles. The SMILES string of the molecule is CCCN1C(c2ccccc2)=NC(C(F)(F)F)(C(F)(F)F)N=C1C1CCCCC1. The summed E-state index contributed by atoms with van der Waals surface area (Å²) < 4.78 is 83.3. The van der Waals surface area contributed by atoms with Crippen LogP contribution in [0, 0.1) is 5.92 Å². The Kier molecular flexibility index (Phi) is 5.96. The average molecular weight is 419 g/mol. The minimum absolute atomic E-state index is 0.143. The topological polar surface area (TPSA) is 28.0 Å². The number of rotatable bonds is 4. The molecule has 0 bridgehead atoms. The zero-order chi connectivity index (χ0) is 21.3. The number of hydrogen-bond acceptors (Lipinski definition) is 3. The minimum Gasteiger partial charge on any atom is -0.314 e. The molecule has 2 aliphatic rings. The molecule has 0 unspecified atom stereocenters. The van der Waals surface area contributed by atoms with Crippen LogP contribution < -0.4 is 0 Å². The van der Waals surface area contributed by atoms with E-state index in [1.54, 1.807) is 18.2 Å². The summed E-state index contributed by atoms with van der Waals surface area (Å²) in [7, 11) is 0. The predicted octanol–water partition coefficient (Wildman–Crippen LogP) is 5.96. The zero-order valence-electron chi connectivity index (χ0n) is 16.0. The van der Waals surface area contributed by atoms with Gasteiger partial charge in [0.25, 0.3) is 0 Å². The summed E-state index contributed by atoms with van der Waals surface area (Å²) in [6, 6.07) is 7.73. The quantitative estimate of drug-likeness (QED) is 0.554. The molecule has 1 aliphatic carbocycles. The lowest BCUT2D eigenvalue weighted by atomic mass is 9.87. The second kappa shape index (κ2) is 7.99. The molecule has 1 fully saturated rings. The lowest BCUT2D eigenvalue weighted by molar-refractivity contribution is -0.293. The van der Waals surface area contributed by atoms with Crippen molar-refractivity contribution in [1.82, 2.24) is 4.90 Å². The molecule has 3 rings (SSSR count). The van der Waals surface area contributed by atoms with Gasteiger partial charge in [-0.3, -0.25) is 0 Å². The summed E-state index contributed by atoms with van der Waals surface area (Å²) in [6.45, 7) is 2.06. The van der Waals surface area contributed by atoms with E-state index in [9.17, 15) is 26.3 Å². The third kappa shape index (κ3) is 4.00. The lowest BCUT2D eigenvalue weighted by Crippen LogP contribution is -2.60. The van der Waals surface area contributed by atoms with Gasteiger partial charge in [0.15, 0.2) is 0 Å². The third-order valence-corrected chi connectivity index (χ3v) is 5.32. The Morgan fingerprint density at radius 2 is 1.52 bits per heavy atom. The first-order valence-corrected chi connectivity index (χ1v) is 9.76. The maximum Gasteiger partial charge on any atom is 0.443 e. The minimum atomic E-state index is -5.70. The van der Waals surface area contributed by atoms with Crippen LogP contribution in [-0.4, -0.2) is 41.1 Å². The van der Waals surface area contributed by atoms with Crippen LogP contribution in [0.25, 0.3) is 0 Å². The molecule has 0 spiro atoms. The maximum atomic E-state index is 13.9. The van der Waals surface area contributed by atoms with Crippen molar-refractivity contribution in [2.24, 2.45) is 15.9 Å². The molecular formula is C20H23F6N3. The zero-order valence-corrected chi connectivity index (χ0v) is 16.0. The van der Waals surface area contributed by atoms with Gasteiger partial charge >= 0.3 is 18.0 Å². The largest absolute Gasteiger partial charge is 0.443 e. The van der Waals surface area contributed by atoms with Crippen LogP contribution in [0.4, 0.5) is 26.3 Å². The fourth-order valence-electron chi connectivity index (χ4n) is 3.91. The first-order valence-electron chi connectivity index (χ1n) is 9.76. The molecule has 0 N–H and O–H groups in total. The van der Waals surface area contributed by atoms with E-state index in [1.807, 2.05) is 6.92 Å². The highest BCUT2D eigenvalue weighted by Gasteiger charge is 2.74. The number of alkyl halides is 6. The molecule has 0 radical (unpaired) electrons. The normalized spacial score (nSPS) is 21.0. The van der Waals surface area contributed by atoms with Crippen molar-refractivity contribution < 1.29 is 26.3 Å². The first-order chi connectivity index (χ1) is 13.6. The molecule has 0 saturated heterocycles. The van der Waals surface area contributed by atoms with Crippen LogP contribution in [0.1, 0.15) is 51.0 Å². The fourth-order valence-corrected chi connectivity index (χ4v) is 3.91. The Morgan fingerprint density at radius 1 is 0.931 bits per heavy atom. The highest BCUT2D eigenvalue weighted by Crippen LogP contribution is 2.49. The van der Waals surface area contributed by atoms with E-state index >= 15 is 0 Å². The van der Waals surface area contributed by atoms with Crippen molar-refractivity contribution in [3.63, 3.8) is 0 Å². The van der Waals surface area contributed by atoms with Crippen molar-refractivity contribution in [1.29, 1.82) is 0 Å². The predicted molar refractivity (Wildman–Crippen MR) is 98.8 cm³/mol. The Bertz CT molecular complexity index is 747. The standard InChI is InChI=1S/C20H23F6N3/c1-2-13-29-16(14-9-5-3-6-10-14)27-18(19(21,22)23,20(24,25)26)28-17(29)15-11-7-4-8-12-15/h3,5-6,9-10,15H,2,4,7-8,11-13H2,1H3. The summed E-state index contributed by atoms with van der Waals surface area (Å²) >= 11 is 0. The lowest BCUT2D eigenvalue weighted by Gasteiger charge is -2.42. The average Bonchev–Trinajstić information content (AvgIpc) is 2.68. The van der Waals surface area contributed by atoms with Gasteiger partial charge in [-0.05, 0) is 19.3 Å². The van der Waals surface area contributed by atoms with Gasteiger partial charge in [0, 0.05) is 18.0 Å². The molecule has 3 nitrogen and oxygen atoms in total. The number of aliphatic imine (C=N–C) groups is 2. The van der Waals surface area contributed by atoms with Gasteiger partial charge in [-0.1, -0.05) is 56.5 Å². The van der Waals surface area contributed by atoms with Crippen LogP contribution in [-0.2, 0) is 0 Å². The maximum absolute atomic E-state index is 13.9. The number of nitrogens with zero attached hydrogens (tertiary/aromatic N) is 3. The molecule has 0 aromatic heterocycles. The van der Waals surface area contributed by atoms with Gasteiger partial charge in [-0.25, -0.2) is 9.98 Å². The van der Waals surface area contributed by atoms with Gasteiger partial charge < -0.3 is 4.90 Å². The van der Waals surface area contributed by atoms with Crippen LogP contribution in [0.15, 0.2) is 40.3 Å². The first kappa shape index (κ1) is 21.6. The van der Waals surface area contributed by atoms with Crippen LogP contribution in [0.2, 0.25) is 0 Å². The van der Waals surface area contributed by atoms with E-state index in [0.29, 0.717) is 19.3 Å². The summed E-state index contributed by atoms with van der Waals surface area (Å²) in [5.74, 6) is -0.915. The van der Waals surface area contributed by atoms with Gasteiger partial charge in [0.05, 0.1) is 0 Å². The third-order valence-electron chi connectivity index (χ3n) is 5.32. The molecule has 1 aromatic carbocycles. The number of hydrogen-bond donors (Lipinski definition) is 0. The molecular weight excluding hydrogens is 396 g/mol. The van der Waals surface area contributed by atoms with Gasteiger partial charge in [0.1, 0.15) is 11.7 Å². The van der Waals surface area contributed by atoms with E-state index in [-0.39, 0.29) is 23.8 Å². The Morgan fingerprint density at radius 3 is 2.03 bits per heavy atom. The molecule has 160 valence electrons. The highest BCUT2D eigenvalue weighted by molar-refractivity contribution is 6.11. The summed E-state index contributed by atoms with van der Waals surface area (Å²) in [4.78, 5) is 8.10. The molecule has 1 aromatic rings. The van der Waals surface area contributed by atoms with E-state index in [2.05, 4.69) is 9.98 Å². The number of amidine groups is 2. The van der Waals surface area contributed by atoms with Crippen molar-refractivity contribution in [3.8, 4) is 0 Å². The second-order valence-electron chi connectivity index (χ2n) is 7.43. The summed E-state index contributed by atoms with van der Waals surface area (Å²) in [5.41, 5.74) is -4.27. The highest BCUT2D eigenvalue weighted by atomic mass is 19.4.